The van der Waals surface area contributed by atoms with Gasteiger partial charge in [-0.3, -0.25) is 0 Å². The van der Waals surface area contributed by atoms with Crippen LogP contribution in [-0.4, -0.2) is 6.61 Å². The molecule has 21 heavy (non-hydrogen) atoms. The van der Waals surface area contributed by atoms with Crippen molar-refractivity contribution in [3.05, 3.63) is 57.6 Å². The zero-order valence-corrected chi connectivity index (χ0v) is 13.0. The molecule has 3 rings (SSSR count). The van der Waals surface area contributed by atoms with Crippen LogP contribution < -0.4 is 10.1 Å². The minimum absolute atomic E-state index is 0.0947. The quantitative estimate of drug-likeness (QED) is 0.797. The summed E-state index contributed by atoms with van der Waals surface area (Å²) in [6.07, 6.45) is 0.895. The first kappa shape index (κ1) is 14.3. The minimum atomic E-state index is -0.611. The Morgan fingerprint density at radius 1 is 1.19 bits per heavy atom. The largest absolute Gasteiger partial charge is 0.493 e. The topological polar surface area (TPSA) is 21.3 Å². The normalized spacial score (nSPS) is 14.5. The van der Waals surface area contributed by atoms with Crippen molar-refractivity contribution < 1.29 is 13.5 Å². The maximum atomic E-state index is 13.8. The van der Waals surface area contributed by atoms with E-state index in [0.717, 1.165) is 23.8 Å². The third kappa shape index (κ3) is 2.88. The molecule has 0 aromatic heterocycles. The number of rotatable bonds is 3. The molecule has 110 valence electrons. The lowest BCUT2D eigenvalue weighted by Crippen LogP contribution is -2.08. The molecule has 1 aliphatic rings. The van der Waals surface area contributed by atoms with E-state index >= 15 is 0 Å². The summed E-state index contributed by atoms with van der Waals surface area (Å²) in [5, 5.41) is 3.07. The molecule has 2 aromatic carbocycles. The molecule has 1 heterocycles. The lowest BCUT2D eigenvalue weighted by molar-refractivity contribution is 0.357. The highest BCUT2D eigenvalue weighted by Gasteiger charge is 2.16. The number of benzene rings is 2. The van der Waals surface area contributed by atoms with Gasteiger partial charge in [0.2, 0.25) is 0 Å². The van der Waals surface area contributed by atoms with Crippen molar-refractivity contribution in [1.82, 2.24) is 0 Å². The Labute approximate surface area is 130 Å². The van der Waals surface area contributed by atoms with E-state index in [1.807, 2.05) is 19.1 Å². The van der Waals surface area contributed by atoms with E-state index in [2.05, 4.69) is 27.3 Å². The fourth-order valence-electron chi connectivity index (χ4n) is 2.43. The summed E-state index contributed by atoms with van der Waals surface area (Å²) in [6, 6.07) is 8.15. The molecule has 1 aliphatic heterocycles. The maximum absolute atomic E-state index is 13.8. The predicted octanol–water partition coefficient (Wildman–Crippen LogP) is 4.84. The first-order valence-electron chi connectivity index (χ1n) is 6.71. The Bertz CT molecular complexity index is 690. The van der Waals surface area contributed by atoms with Gasteiger partial charge in [0.1, 0.15) is 17.4 Å². The molecule has 1 N–H and O–H groups in total. The summed E-state index contributed by atoms with van der Waals surface area (Å²) in [4.78, 5) is 0. The second kappa shape index (κ2) is 5.64. The van der Waals surface area contributed by atoms with Gasteiger partial charge < -0.3 is 10.1 Å². The van der Waals surface area contributed by atoms with E-state index in [-0.39, 0.29) is 16.2 Å². The fraction of sp³-hybridized carbons (Fsp3) is 0.250. The van der Waals surface area contributed by atoms with Gasteiger partial charge in [-0.25, -0.2) is 8.78 Å². The zero-order chi connectivity index (χ0) is 15.0. The zero-order valence-electron chi connectivity index (χ0n) is 11.4. The molecule has 5 heteroatoms. The van der Waals surface area contributed by atoms with Gasteiger partial charge in [-0.15, -0.1) is 0 Å². The summed E-state index contributed by atoms with van der Waals surface area (Å²) >= 11 is 3.07. The van der Waals surface area contributed by atoms with Gasteiger partial charge >= 0.3 is 0 Å². The highest BCUT2D eigenvalue weighted by atomic mass is 79.9. The van der Waals surface area contributed by atoms with Crippen LogP contribution in [0.4, 0.5) is 14.5 Å². The average molecular weight is 354 g/mol. The fourth-order valence-corrected chi connectivity index (χ4v) is 2.77. The van der Waals surface area contributed by atoms with Crippen molar-refractivity contribution in [2.75, 3.05) is 11.9 Å². The Morgan fingerprint density at radius 2 is 2.00 bits per heavy atom. The number of anilines is 1. The van der Waals surface area contributed by atoms with Crippen molar-refractivity contribution in [3.63, 3.8) is 0 Å². The molecule has 0 spiro atoms. The number of halogens is 3. The minimum Gasteiger partial charge on any atom is -0.493 e. The van der Waals surface area contributed by atoms with Gasteiger partial charge in [-0.1, -0.05) is 6.07 Å². The molecule has 0 amide bonds. The van der Waals surface area contributed by atoms with Crippen molar-refractivity contribution in [2.45, 2.75) is 19.4 Å². The Kier molecular flexibility index (Phi) is 3.85. The predicted molar refractivity (Wildman–Crippen MR) is 81.7 cm³/mol. The lowest BCUT2D eigenvalue weighted by atomic mass is 10.0. The van der Waals surface area contributed by atoms with E-state index in [1.165, 1.54) is 11.6 Å². The van der Waals surface area contributed by atoms with E-state index in [4.69, 9.17) is 4.74 Å². The molecule has 1 atom stereocenters. The molecule has 0 fully saturated rings. The highest BCUT2D eigenvalue weighted by Crippen LogP contribution is 2.31. The van der Waals surface area contributed by atoms with Gasteiger partial charge in [0.25, 0.3) is 0 Å². The van der Waals surface area contributed by atoms with Crippen molar-refractivity contribution >= 4 is 21.6 Å². The molecule has 0 bridgehead atoms. The van der Waals surface area contributed by atoms with Crippen LogP contribution in [0.25, 0.3) is 0 Å². The van der Waals surface area contributed by atoms with Gasteiger partial charge in [0.15, 0.2) is 0 Å². The smallest absolute Gasteiger partial charge is 0.149 e. The third-order valence-corrected chi connectivity index (χ3v) is 4.20. The summed E-state index contributed by atoms with van der Waals surface area (Å²) in [6.45, 7) is 2.65. The monoisotopic (exact) mass is 353 g/mol. The molecular weight excluding hydrogens is 340 g/mol. The third-order valence-electron chi connectivity index (χ3n) is 3.60. The van der Waals surface area contributed by atoms with Gasteiger partial charge in [0.05, 0.1) is 16.8 Å². The van der Waals surface area contributed by atoms with Crippen LogP contribution in [0, 0.1) is 11.6 Å². The Hall–Kier alpha value is -1.62. The van der Waals surface area contributed by atoms with E-state index < -0.39 is 11.6 Å². The van der Waals surface area contributed by atoms with Crippen LogP contribution in [0.15, 0.2) is 34.8 Å². The Balaban J connectivity index is 1.83. The van der Waals surface area contributed by atoms with Gasteiger partial charge in [-0.05, 0) is 52.2 Å². The van der Waals surface area contributed by atoms with E-state index in [1.54, 1.807) is 0 Å². The SMILES string of the molecule is CC(Nc1cc(Br)c(F)cc1F)c1ccc2c(c1)CCO2. The first-order valence-corrected chi connectivity index (χ1v) is 7.50. The van der Waals surface area contributed by atoms with E-state index in [9.17, 15) is 8.78 Å². The number of hydrogen-bond donors (Lipinski definition) is 1. The van der Waals surface area contributed by atoms with Crippen LogP contribution >= 0.6 is 15.9 Å². The molecular formula is C16H14BrF2NO. The number of nitrogens with one attached hydrogen (secondary N) is 1. The second-order valence-corrected chi connectivity index (χ2v) is 5.93. The second-order valence-electron chi connectivity index (χ2n) is 5.08. The molecule has 0 radical (unpaired) electrons. The molecule has 2 nitrogen and oxygen atoms in total. The summed E-state index contributed by atoms with van der Waals surface area (Å²) in [5.74, 6) is -0.297. The van der Waals surface area contributed by atoms with Gasteiger partial charge in [-0.2, -0.15) is 0 Å². The Morgan fingerprint density at radius 3 is 2.81 bits per heavy atom. The number of fused-ring (bicyclic) bond motifs is 1. The molecule has 0 saturated heterocycles. The maximum Gasteiger partial charge on any atom is 0.149 e. The summed E-state index contributed by atoms with van der Waals surface area (Å²) in [7, 11) is 0. The van der Waals surface area contributed by atoms with Crippen LogP contribution in [0.1, 0.15) is 24.1 Å². The van der Waals surface area contributed by atoms with Crippen molar-refractivity contribution in [1.29, 1.82) is 0 Å². The molecule has 2 aromatic rings. The standard InChI is InChI=1S/C16H14BrF2NO/c1-9(10-2-3-16-11(6-10)4-5-21-16)20-15-7-12(17)13(18)8-14(15)19/h2-3,6-9,20H,4-5H2,1H3. The average Bonchev–Trinajstić information content (AvgIpc) is 2.92. The van der Waals surface area contributed by atoms with Crippen LogP contribution in [0.3, 0.4) is 0 Å². The van der Waals surface area contributed by atoms with E-state index in [0.29, 0.717) is 6.61 Å². The van der Waals surface area contributed by atoms with Crippen LogP contribution in [0.2, 0.25) is 0 Å². The summed E-state index contributed by atoms with van der Waals surface area (Å²) < 4.78 is 32.7. The number of ether oxygens (including phenoxy) is 1. The lowest BCUT2D eigenvalue weighted by Gasteiger charge is -2.17. The molecule has 1 unspecified atom stereocenters. The van der Waals surface area contributed by atoms with Gasteiger partial charge in [0, 0.05) is 18.5 Å². The van der Waals surface area contributed by atoms with Crippen LogP contribution in [-0.2, 0) is 6.42 Å². The molecule has 0 aliphatic carbocycles. The first-order chi connectivity index (χ1) is 10.0. The van der Waals surface area contributed by atoms with Crippen molar-refractivity contribution in [3.8, 4) is 5.75 Å². The highest BCUT2D eigenvalue weighted by molar-refractivity contribution is 9.10. The summed E-state index contributed by atoms with van der Waals surface area (Å²) in [5.41, 5.74) is 2.48. The van der Waals surface area contributed by atoms with Crippen molar-refractivity contribution in [2.24, 2.45) is 0 Å². The number of hydrogen-bond acceptors (Lipinski definition) is 2. The van der Waals surface area contributed by atoms with Crippen LogP contribution in [0.5, 0.6) is 5.75 Å². The molecule has 0 saturated carbocycles.